The molecule has 0 aliphatic carbocycles. The average molecular weight is 299 g/mol. The van der Waals surface area contributed by atoms with Gasteiger partial charge in [0.1, 0.15) is 11.5 Å². The van der Waals surface area contributed by atoms with Gasteiger partial charge >= 0.3 is 0 Å². The van der Waals surface area contributed by atoms with Gasteiger partial charge in [0.25, 0.3) is 5.91 Å². The van der Waals surface area contributed by atoms with E-state index < -0.39 is 0 Å². The van der Waals surface area contributed by atoms with Gasteiger partial charge in [0, 0.05) is 24.4 Å². The fraction of sp³-hybridized carbons (Fsp3) is 0.278. The summed E-state index contributed by atoms with van der Waals surface area (Å²) in [4.78, 5) is 14.3. The lowest BCUT2D eigenvalue weighted by Gasteiger charge is -2.19. The van der Waals surface area contributed by atoms with Gasteiger partial charge in [-0.15, -0.1) is 0 Å². The predicted octanol–water partition coefficient (Wildman–Crippen LogP) is 3.60. The van der Waals surface area contributed by atoms with Gasteiger partial charge in [-0.05, 0) is 49.2 Å². The van der Waals surface area contributed by atoms with Crippen molar-refractivity contribution in [2.24, 2.45) is 0 Å². The third-order valence-corrected chi connectivity index (χ3v) is 3.78. The van der Waals surface area contributed by atoms with Crippen LogP contribution >= 0.6 is 0 Å². The summed E-state index contributed by atoms with van der Waals surface area (Å²) in [6, 6.07) is 11.1. The van der Waals surface area contributed by atoms with Crippen LogP contribution in [0.3, 0.4) is 0 Å². The summed E-state index contributed by atoms with van der Waals surface area (Å²) in [5, 5.41) is 0. The van der Waals surface area contributed by atoms with Crippen LogP contribution in [-0.4, -0.2) is 27.2 Å². The van der Waals surface area contributed by atoms with Gasteiger partial charge in [0.15, 0.2) is 0 Å². The van der Waals surface area contributed by atoms with Crippen molar-refractivity contribution in [3.63, 3.8) is 0 Å². The number of amides is 1. The molecule has 4 heteroatoms. The molecule has 4 nitrogen and oxygen atoms in total. The molecule has 0 radical (unpaired) electrons. The van der Waals surface area contributed by atoms with Crippen LogP contribution in [0, 0.1) is 13.8 Å². The zero-order chi connectivity index (χ0) is 16.3. The molecule has 0 aromatic heterocycles. The minimum atomic E-state index is -0.111. The van der Waals surface area contributed by atoms with Crippen molar-refractivity contribution in [2.75, 3.05) is 26.2 Å². The summed E-state index contributed by atoms with van der Waals surface area (Å²) in [5.74, 6) is 1.08. The standard InChI is InChI=1S/C18H21NO3/c1-12-6-7-15(8-13(12)2)19(3)18(20)14-9-16(21-4)11-17(10-14)22-5/h6-11H,1-5H3. The Morgan fingerprint density at radius 1 is 0.909 bits per heavy atom. The van der Waals surface area contributed by atoms with Gasteiger partial charge < -0.3 is 14.4 Å². The number of aryl methyl sites for hydroxylation is 2. The molecule has 1 amide bonds. The van der Waals surface area contributed by atoms with E-state index in [2.05, 4.69) is 0 Å². The molecular weight excluding hydrogens is 278 g/mol. The third kappa shape index (κ3) is 3.22. The van der Waals surface area contributed by atoms with Gasteiger partial charge in [-0.2, -0.15) is 0 Å². The molecule has 2 aromatic rings. The zero-order valence-corrected chi connectivity index (χ0v) is 13.6. The normalized spacial score (nSPS) is 10.2. The molecule has 0 heterocycles. The number of ether oxygens (including phenoxy) is 2. The molecule has 0 bridgehead atoms. The van der Waals surface area contributed by atoms with Gasteiger partial charge in [-0.1, -0.05) is 6.07 Å². The van der Waals surface area contributed by atoms with Crippen molar-refractivity contribution < 1.29 is 14.3 Å². The fourth-order valence-corrected chi connectivity index (χ4v) is 2.18. The number of carbonyl (C=O) groups excluding carboxylic acids is 1. The molecule has 0 unspecified atom stereocenters. The predicted molar refractivity (Wildman–Crippen MR) is 88.2 cm³/mol. The van der Waals surface area contributed by atoms with E-state index in [9.17, 15) is 4.79 Å². The van der Waals surface area contributed by atoms with Gasteiger partial charge in [-0.25, -0.2) is 0 Å². The highest BCUT2D eigenvalue weighted by atomic mass is 16.5. The number of benzene rings is 2. The van der Waals surface area contributed by atoms with Crippen LogP contribution in [0.25, 0.3) is 0 Å². The van der Waals surface area contributed by atoms with Crippen LogP contribution in [0.15, 0.2) is 36.4 Å². The highest BCUT2D eigenvalue weighted by Crippen LogP contribution is 2.25. The van der Waals surface area contributed by atoms with Crippen LogP contribution in [0.2, 0.25) is 0 Å². The van der Waals surface area contributed by atoms with Crippen molar-refractivity contribution in [2.45, 2.75) is 13.8 Å². The molecule has 0 N–H and O–H groups in total. The highest BCUT2D eigenvalue weighted by molar-refractivity contribution is 6.06. The molecule has 0 saturated carbocycles. The lowest BCUT2D eigenvalue weighted by molar-refractivity contribution is 0.0992. The molecule has 22 heavy (non-hydrogen) atoms. The largest absolute Gasteiger partial charge is 0.497 e. The van der Waals surface area contributed by atoms with Gasteiger partial charge in [0.2, 0.25) is 0 Å². The lowest BCUT2D eigenvalue weighted by Crippen LogP contribution is -2.26. The summed E-state index contributed by atoms with van der Waals surface area (Å²) in [6.07, 6.45) is 0. The van der Waals surface area contributed by atoms with Crippen molar-refractivity contribution >= 4 is 11.6 Å². The molecule has 0 fully saturated rings. The molecule has 0 atom stereocenters. The molecule has 0 saturated heterocycles. The summed E-state index contributed by atoms with van der Waals surface area (Å²) < 4.78 is 10.4. The Hall–Kier alpha value is -2.49. The van der Waals surface area contributed by atoms with E-state index in [4.69, 9.17) is 9.47 Å². The number of carbonyl (C=O) groups is 1. The van der Waals surface area contributed by atoms with Crippen LogP contribution in [0.1, 0.15) is 21.5 Å². The van der Waals surface area contributed by atoms with Crippen molar-refractivity contribution in [1.82, 2.24) is 0 Å². The Bertz CT molecular complexity index is 672. The molecule has 0 aliphatic heterocycles. The van der Waals surface area contributed by atoms with E-state index in [1.807, 2.05) is 32.0 Å². The number of hydrogen-bond acceptors (Lipinski definition) is 3. The molecule has 0 aliphatic rings. The smallest absolute Gasteiger partial charge is 0.258 e. The maximum Gasteiger partial charge on any atom is 0.258 e. The second-order valence-electron chi connectivity index (χ2n) is 5.23. The van der Waals surface area contributed by atoms with Crippen LogP contribution in [0.5, 0.6) is 11.5 Å². The number of nitrogens with zero attached hydrogens (tertiary/aromatic N) is 1. The van der Waals surface area contributed by atoms with Crippen molar-refractivity contribution in [3.8, 4) is 11.5 Å². The fourth-order valence-electron chi connectivity index (χ4n) is 2.18. The van der Waals surface area contributed by atoms with Gasteiger partial charge in [-0.3, -0.25) is 4.79 Å². The Morgan fingerprint density at radius 3 is 2.00 bits per heavy atom. The molecule has 116 valence electrons. The van der Waals surface area contributed by atoms with Crippen molar-refractivity contribution in [1.29, 1.82) is 0 Å². The monoisotopic (exact) mass is 299 g/mol. The lowest BCUT2D eigenvalue weighted by atomic mass is 10.1. The van der Waals surface area contributed by atoms with E-state index >= 15 is 0 Å². The van der Waals surface area contributed by atoms with E-state index in [-0.39, 0.29) is 5.91 Å². The number of hydrogen-bond donors (Lipinski definition) is 0. The third-order valence-electron chi connectivity index (χ3n) is 3.78. The number of anilines is 1. The van der Waals surface area contributed by atoms with Crippen molar-refractivity contribution in [3.05, 3.63) is 53.1 Å². The van der Waals surface area contributed by atoms with Crippen LogP contribution in [-0.2, 0) is 0 Å². The van der Waals surface area contributed by atoms with E-state index in [0.29, 0.717) is 17.1 Å². The van der Waals surface area contributed by atoms with E-state index in [1.165, 1.54) is 5.56 Å². The summed E-state index contributed by atoms with van der Waals surface area (Å²) in [6.45, 7) is 4.08. The topological polar surface area (TPSA) is 38.8 Å². The molecule has 0 spiro atoms. The zero-order valence-electron chi connectivity index (χ0n) is 13.6. The maximum absolute atomic E-state index is 12.7. The summed E-state index contributed by atoms with van der Waals surface area (Å²) in [7, 11) is 4.89. The van der Waals surface area contributed by atoms with Crippen LogP contribution in [0.4, 0.5) is 5.69 Å². The Labute approximate surface area is 131 Å². The van der Waals surface area contributed by atoms with E-state index in [0.717, 1.165) is 11.3 Å². The summed E-state index contributed by atoms with van der Waals surface area (Å²) in [5.41, 5.74) is 3.74. The first-order chi connectivity index (χ1) is 10.5. The minimum Gasteiger partial charge on any atom is -0.497 e. The molecule has 2 aromatic carbocycles. The average Bonchev–Trinajstić information content (AvgIpc) is 2.55. The molecular formula is C18H21NO3. The Balaban J connectivity index is 2.35. The molecule has 2 rings (SSSR count). The minimum absolute atomic E-state index is 0.111. The Kier molecular flexibility index (Phi) is 4.71. The number of methoxy groups -OCH3 is 2. The Morgan fingerprint density at radius 2 is 1.50 bits per heavy atom. The first-order valence-electron chi connectivity index (χ1n) is 7.04. The van der Waals surface area contributed by atoms with E-state index in [1.54, 1.807) is 44.4 Å². The second kappa shape index (κ2) is 6.52. The highest BCUT2D eigenvalue weighted by Gasteiger charge is 2.16. The van der Waals surface area contributed by atoms with Crippen LogP contribution < -0.4 is 14.4 Å². The first-order valence-corrected chi connectivity index (χ1v) is 7.04. The SMILES string of the molecule is COc1cc(OC)cc(C(=O)N(C)c2ccc(C)c(C)c2)c1. The van der Waals surface area contributed by atoms with Gasteiger partial charge in [0.05, 0.1) is 14.2 Å². The first kappa shape index (κ1) is 15.9. The quantitative estimate of drug-likeness (QED) is 0.866. The number of rotatable bonds is 4. The summed E-state index contributed by atoms with van der Waals surface area (Å²) >= 11 is 0. The maximum atomic E-state index is 12.7. The second-order valence-corrected chi connectivity index (χ2v) is 5.23.